The summed E-state index contributed by atoms with van der Waals surface area (Å²) in [5.74, 6) is 0.553. The van der Waals surface area contributed by atoms with Gasteiger partial charge in [-0.3, -0.25) is 0 Å². The minimum atomic E-state index is -0.988. The Bertz CT molecular complexity index is 708. The summed E-state index contributed by atoms with van der Waals surface area (Å²) in [6, 6.07) is 5.92. The lowest BCUT2D eigenvalue weighted by Gasteiger charge is -2.24. The van der Waals surface area contributed by atoms with Gasteiger partial charge in [-0.1, -0.05) is 19.9 Å². The number of ether oxygens (including phenoxy) is 2. The molecule has 22 heavy (non-hydrogen) atoms. The van der Waals surface area contributed by atoms with Crippen LogP contribution in [-0.4, -0.2) is 29.3 Å². The zero-order valence-electron chi connectivity index (χ0n) is 12.5. The van der Waals surface area contributed by atoms with Crippen molar-refractivity contribution in [1.29, 1.82) is 0 Å². The number of thiazole rings is 1. The van der Waals surface area contributed by atoms with E-state index in [4.69, 9.17) is 14.6 Å². The predicted octanol–water partition coefficient (Wildman–Crippen LogP) is 3.13. The monoisotopic (exact) mass is 319 g/mol. The van der Waals surface area contributed by atoms with Crippen molar-refractivity contribution < 1.29 is 19.4 Å². The topological polar surface area (TPSA) is 68.7 Å². The van der Waals surface area contributed by atoms with E-state index in [1.807, 2.05) is 18.2 Å². The van der Waals surface area contributed by atoms with Gasteiger partial charge in [0.2, 0.25) is 0 Å². The van der Waals surface area contributed by atoms with E-state index in [0.717, 1.165) is 28.5 Å². The second-order valence-electron chi connectivity index (χ2n) is 5.88. The molecule has 1 aromatic heterocycles. The van der Waals surface area contributed by atoms with Crippen molar-refractivity contribution in [1.82, 2.24) is 4.98 Å². The lowest BCUT2D eigenvalue weighted by molar-refractivity contribution is 0.0691. The molecule has 0 unspecified atom stereocenters. The summed E-state index contributed by atoms with van der Waals surface area (Å²) in [6.07, 6.45) is 0.746. The Morgan fingerprint density at radius 2 is 2.05 bits per heavy atom. The number of aromatic carboxylic acids is 1. The molecule has 0 fully saturated rings. The van der Waals surface area contributed by atoms with Gasteiger partial charge >= 0.3 is 5.97 Å². The Morgan fingerprint density at radius 1 is 1.32 bits per heavy atom. The van der Waals surface area contributed by atoms with Crippen molar-refractivity contribution in [2.24, 2.45) is 0 Å². The quantitative estimate of drug-likeness (QED) is 0.937. The van der Waals surface area contributed by atoms with Gasteiger partial charge < -0.3 is 14.6 Å². The van der Waals surface area contributed by atoms with Gasteiger partial charge in [0.15, 0.2) is 17.2 Å². The smallest absolute Gasteiger partial charge is 0.355 e. The van der Waals surface area contributed by atoms with E-state index in [1.54, 1.807) is 5.38 Å². The van der Waals surface area contributed by atoms with Gasteiger partial charge in [0.25, 0.3) is 0 Å². The molecular weight excluding hydrogens is 302 g/mol. The Balaban J connectivity index is 1.82. The Morgan fingerprint density at radius 3 is 2.73 bits per heavy atom. The first-order chi connectivity index (χ1) is 10.5. The predicted molar refractivity (Wildman–Crippen MR) is 83.2 cm³/mol. The van der Waals surface area contributed by atoms with Crippen LogP contribution in [0.1, 0.15) is 34.9 Å². The third-order valence-electron chi connectivity index (χ3n) is 3.55. The Kier molecular flexibility index (Phi) is 3.78. The molecular formula is C16H17NO4S. The fraction of sp³-hybridized carbons (Fsp3) is 0.375. The maximum absolute atomic E-state index is 11.0. The largest absolute Gasteiger partial charge is 0.486 e. The van der Waals surface area contributed by atoms with Crippen molar-refractivity contribution in [3.8, 4) is 11.5 Å². The van der Waals surface area contributed by atoms with Crippen LogP contribution in [-0.2, 0) is 11.8 Å². The molecule has 0 spiro atoms. The molecule has 6 heteroatoms. The molecule has 1 aliphatic rings. The molecule has 0 atom stereocenters. The number of rotatable bonds is 4. The zero-order valence-corrected chi connectivity index (χ0v) is 13.3. The van der Waals surface area contributed by atoms with Crippen LogP contribution >= 0.6 is 11.3 Å². The number of fused-ring (bicyclic) bond motifs is 1. The van der Waals surface area contributed by atoms with Gasteiger partial charge in [0.05, 0.1) is 5.01 Å². The molecule has 3 rings (SSSR count). The third kappa shape index (κ3) is 2.92. The first-order valence-corrected chi connectivity index (χ1v) is 7.91. The number of nitrogens with zero attached hydrogens (tertiary/aromatic N) is 1. The number of carboxylic acids is 1. The summed E-state index contributed by atoms with van der Waals surface area (Å²) in [7, 11) is 0. The van der Waals surface area contributed by atoms with Gasteiger partial charge in [0, 0.05) is 10.8 Å². The molecule has 2 aromatic rings. The fourth-order valence-corrected chi connectivity index (χ4v) is 3.39. The van der Waals surface area contributed by atoms with Crippen molar-refractivity contribution in [3.05, 3.63) is 39.8 Å². The molecule has 0 bridgehead atoms. The molecule has 0 aliphatic carbocycles. The Labute approximate surface area is 132 Å². The maximum atomic E-state index is 11.0. The number of hydrogen-bond donors (Lipinski definition) is 1. The van der Waals surface area contributed by atoms with E-state index in [9.17, 15) is 4.79 Å². The third-order valence-corrected chi connectivity index (χ3v) is 4.76. The average molecular weight is 319 g/mol. The van der Waals surface area contributed by atoms with E-state index in [0.29, 0.717) is 13.2 Å². The number of hydrogen-bond acceptors (Lipinski definition) is 5. The van der Waals surface area contributed by atoms with Crippen LogP contribution in [0.25, 0.3) is 0 Å². The van der Waals surface area contributed by atoms with Crippen LogP contribution in [0.2, 0.25) is 0 Å². The molecule has 2 heterocycles. The van der Waals surface area contributed by atoms with Gasteiger partial charge in [0.1, 0.15) is 13.2 Å². The number of aromatic nitrogens is 1. The lowest BCUT2D eigenvalue weighted by Crippen LogP contribution is -2.21. The Hall–Kier alpha value is -2.08. The van der Waals surface area contributed by atoms with Crippen LogP contribution < -0.4 is 9.47 Å². The van der Waals surface area contributed by atoms with Gasteiger partial charge in [-0.25, -0.2) is 9.78 Å². The SMILES string of the molecule is CC(C)(Cc1ccc2c(c1)OCCO2)c1nc(C(=O)O)cs1. The highest BCUT2D eigenvalue weighted by Crippen LogP contribution is 2.35. The highest BCUT2D eigenvalue weighted by atomic mass is 32.1. The van der Waals surface area contributed by atoms with Crippen LogP contribution in [0.3, 0.4) is 0 Å². The number of carboxylic acid groups (broad SMARTS) is 1. The molecule has 5 nitrogen and oxygen atoms in total. The van der Waals surface area contributed by atoms with Crippen LogP contribution in [0, 0.1) is 0 Å². The highest BCUT2D eigenvalue weighted by molar-refractivity contribution is 7.10. The summed E-state index contributed by atoms with van der Waals surface area (Å²) in [4.78, 5) is 15.2. The average Bonchev–Trinajstić information content (AvgIpc) is 2.97. The minimum absolute atomic E-state index is 0.107. The molecule has 0 radical (unpaired) electrons. The van der Waals surface area contributed by atoms with Crippen molar-refractivity contribution >= 4 is 17.3 Å². The van der Waals surface area contributed by atoms with E-state index >= 15 is 0 Å². The summed E-state index contributed by atoms with van der Waals surface area (Å²) in [6.45, 7) is 5.27. The van der Waals surface area contributed by atoms with E-state index in [2.05, 4.69) is 18.8 Å². The molecule has 0 saturated carbocycles. The second-order valence-corrected chi connectivity index (χ2v) is 6.74. The molecule has 116 valence electrons. The van der Waals surface area contributed by atoms with Crippen molar-refractivity contribution in [2.45, 2.75) is 25.7 Å². The minimum Gasteiger partial charge on any atom is -0.486 e. The van der Waals surface area contributed by atoms with Crippen LogP contribution in [0.5, 0.6) is 11.5 Å². The molecule has 1 aliphatic heterocycles. The summed E-state index contributed by atoms with van der Waals surface area (Å²) >= 11 is 1.38. The summed E-state index contributed by atoms with van der Waals surface area (Å²) in [5.41, 5.74) is 0.971. The lowest BCUT2D eigenvalue weighted by atomic mass is 9.86. The molecule has 0 amide bonds. The highest BCUT2D eigenvalue weighted by Gasteiger charge is 2.26. The molecule has 0 saturated heterocycles. The van der Waals surface area contributed by atoms with Crippen LogP contribution in [0.4, 0.5) is 0 Å². The van der Waals surface area contributed by atoms with Gasteiger partial charge in [-0.05, 0) is 24.1 Å². The van der Waals surface area contributed by atoms with Crippen molar-refractivity contribution in [3.63, 3.8) is 0 Å². The van der Waals surface area contributed by atoms with E-state index in [-0.39, 0.29) is 11.1 Å². The van der Waals surface area contributed by atoms with Gasteiger partial charge in [-0.2, -0.15) is 0 Å². The summed E-state index contributed by atoms with van der Waals surface area (Å²) in [5, 5.41) is 11.4. The van der Waals surface area contributed by atoms with Crippen LogP contribution in [0.15, 0.2) is 23.6 Å². The maximum Gasteiger partial charge on any atom is 0.355 e. The van der Waals surface area contributed by atoms with Gasteiger partial charge in [-0.15, -0.1) is 11.3 Å². The first-order valence-electron chi connectivity index (χ1n) is 7.03. The standard InChI is InChI=1S/C16H17NO4S/c1-16(2,15-17-11(9-22-15)14(18)19)8-10-3-4-12-13(7-10)21-6-5-20-12/h3-4,7,9H,5-6,8H2,1-2H3,(H,18,19). The normalized spacial score (nSPS) is 13.9. The number of carbonyl (C=O) groups is 1. The second kappa shape index (κ2) is 5.61. The fourth-order valence-electron chi connectivity index (χ4n) is 2.47. The number of benzene rings is 1. The first kappa shape index (κ1) is 14.8. The molecule has 1 aromatic carbocycles. The van der Waals surface area contributed by atoms with Crippen molar-refractivity contribution in [2.75, 3.05) is 13.2 Å². The summed E-state index contributed by atoms with van der Waals surface area (Å²) < 4.78 is 11.1. The van der Waals surface area contributed by atoms with E-state index in [1.165, 1.54) is 11.3 Å². The van der Waals surface area contributed by atoms with E-state index < -0.39 is 5.97 Å². The zero-order chi connectivity index (χ0) is 15.7. The molecule has 1 N–H and O–H groups in total.